The van der Waals surface area contributed by atoms with Crippen molar-refractivity contribution in [3.63, 3.8) is 0 Å². The van der Waals surface area contributed by atoms with Crippen LogP contribution in [-0.4, -0.2) is 10.9 Å². The van der Waals surface area contributed by atoms with Crippen LogP contribution in [0.4, 0.5) is 5.69 Å². The number of nitrogen functional groups attached to an aromatic ring is 1. The van der Waals surface area contributed by atoms with Crippen molar-refractivity contribution in [3.05, 3.63) is 27.7 Å². The maximum absolute atomic E-state index is 11.7. The van der Waals surface area contributed by atoms with Gasteiger partial charge in [-0.2, -0.15) is 0 Å². The van der Waals surface area contributed by atoms with Gasteiger partial charge in [-0.25, -0.2) is 0 Å². The van der Waals surface area contributed by atoms with Crippen LogP contribution < -0.4 is 5.73 Å². The summed E-state index contributed by atoms with van der Waals surface area (Å²) in [5, 5.41) is 0.0530. The average Bonchev–Trinajstić information content (AvgIpc) is 2.18. The van der Waals surface area contributed by atoms with Gasteiger partial charge in [0, 0.05) is 10.2 Å². The molecule has 2 nitrogen and oxygen atoms in total. The fourth-order valence-corrected chi connectivity index (χ4v) is 2.53. The van der Waals surface area contributed by atoms with Crippen LogP contribution in [-0.2, 0) is 6.42 Å². The van der Waals surface area contributed by atoms with Crippen molar-refractivity contribution in [3.8, 4) is 0 Å². The first-order valence-corrected chi connectivity index (χ1v) is 6.63. The highest BCUT2D eigenvalue weighted by Gasteiger charge is 2.12. The predicted octanol–water partition coefficient (Wildman–Crippen LogP) is 3.49. The molecule has 0 aromatic heterocycles. The third-order valence-electron chi connectivity index (χ3n) is 2.09. The number of carbonyl (C=O) groups excluding carboxylic acids is 1. The van der Waals surface area contributed by atoms with E-state index < -0.39 is 0 Å². The van der Waals surface area contributed by atoms with Gasteiger partial charge >= 0.3 is 0 Å². The van der Waals surface area contributed by atoms with E-state index >= 15 is 0 Å². The number of hydrogen-bond acceptors (Lipinski definition) is 3. The number of nitrogens with two attached hydrogens (primary N) is 1. The third-order valence-corrected chi connectivity index (χ3v) is 3.60. The molecule has 0 heterocycles. The standard InChI is InChI=1S/C11H14BrNOS/c1-3-7-5-8(11(14)15-4-2)10(13)6-9(7)12/h5-6H,3-4,13H2,1-2H3. The summed E-state index contributed by atoms with van der Waals surface area (Å²) in [6.07, 6.45) is 0.887. The van der Waals surface area contributed by atoms with Gasteiger partial charge in [-0.3, -0.25) is 4.79 Å². The molecule has 4 heteroatoms. The zero-order valence-electron chi connectivity index (χ0n) is 8.84. The number of halogens is 1. The number of anilines is 1. The van der Waals surface area contributed by atoms with Crippen molar-refractivity contribution in [2.45, 2.75) is 20.3 Å². The third kappa shape index (κ3) is 2.98. The van der Waals surface area contributed by atoms with Crippen molar-refractivity contribution in [2.24, 2.45) is 0 Å². The topological polar surface area (TPSA) is 43.1 Å². The fraction of sp³-hybridized carbons (Fsp3) is 0.364. The maximum Gasteiger partial charge on any atom is 0.221 e. The Hall–Kier alpha value is -0.480. The normalized spacial score (nSPS) is 10.3. The summed E-state index contributed by atoms with van der Waals surface area (Å²) in [5.41, 5.74) is 8.10. The minimum absolute atomic E-state index is 0.0530. The van der Waals surface area contributed by atoms with E-state index in [0.717, 1.165) is 22.2 Å². The highest BCUT2D eigenvalue weighted by atomic mass is 79.9. The Balaban J connectivity index is 3.12. The minimum atomic E-state index is 0.0530. The molecule has 2 N–H and O–H groups in total. The summed E-state index contributed by atoms with van der Waals surface area (Å²) in [7, 11) is 0. The molecule has 1 aromatic rings. The summed E-state index contributed by atoms with van der Waals surface area (Å²) in [6.45, 7) is 4.01. The largest absolute Gasteiger partial charge is 0.398 e. The van der Waals surface area contributed by atoms with Crippen LogP contribution in [0.25, 0.3) is 0 Å². The molecule has 15 heavy (non-hydrogen) atoms. The molecule has 0 aliphatic rings. The predicted molar refractivity (Wildman–Crippen MR) is 70.4 cm³/mol. The second-order valence-corrected chi connectivity index (χ2v) is 5.20. The Labute approximate surface area is 103 Å². The highest BCUT2D eigenvalue weighted by molar-refractivity contribution is 9.10. The molecule has 0 unspecified atom stereocenters. The molecule has 0 saturated heterocycles. The number of hydrogen-bond donors (Lipinski definition) is 1. The molecular weight excluding hydrogens is 274 g/mol. The second-order valence-electron chi connectivity index (χ2n) is 3.10. The first-order chi connectivity index (χ1) is 7.10. The summed E-state index contributed by atoms with van der Waals surface area (Å²) < 4.78 is 0.973. The van der Waals surface area contributed by atoms with Crippen LogP contribution in [0.1, 0.15) is 29.8 Å². The van der Waals surface area contributed by atoms with Crippen molar-refractivity contribution in [1.29, 1.82) is 0 Å². The summed E-state index contributed by atoms with van der Waals surface area (Å²) in [4.78, 5) is 11.7. The number of rotatable bonds is 3. The molecule has 0 atom stereocenters. The lowest BCUT2D eigenvalue weighted by Crippen LogP contribution is -2.02. The van der Waals surface area contributed by atoms with Gasteiger partial charge in [0.1, 0.15) is 0 Å². The molecule has 0 radical (unpaired) electrons. The van der Waals surface area contributed by atoms with Crippen molar-refractivity contribution in [2.75, 3.05) is 11.5 Å². The first-order valence-electron chi connectivity index (χ1n) is 4.85. The maximum atomic E-state index is 11.7. The monoisotopic (exact) mass is 287 g/mol. The smallest absolute Gasteiger partial charge is 0.221 e. The summed E-state index contributed by atoms with van der Waals surface area (Å²) in [5.74, 6) is 0.774. The van der Waals surface area contributed by atoms with Gasteiger partial charge in [-0.1, -0.05) is 41.5 Å². The van der Waals surface area contributed by atoms with Crippen LogP contribution in [0.2, 0.25) is 0 Å². The first kappa shape index (κ1) is 12.6. The number of benzene rings is 1. The molecule has 0 aliphatic heterocycles. The molecule has 0 fully saturated rings. The van der Waals surface area contributed by atoms with E-state index in [4.69, 9.17) is 5.73 Å². The van der Waals surface area contributed by atoms with E-state index in [1.54, 1.807) is 0 Å². The van der Waals surface area contributed by atoms with E-state index in [1.165, 1.54) is 11.8 Å². The Morgan fingerprint density at radius 2 is 2.13 bits per heavy atom. The quantitative estimate of drug-likeness (QED) is 0.866. The van der Waals surface area contributed by atoms with Crippen LogP contribution in [0.3, 0.4) is 0 Å². The Kier molecular flexibility index (Phi) is 4.67. The second kappa shape index (κ2) is 5.56. The average molecular weight is 288 g/mol. The SMILES string of the molecule is CCSC(=O)c1cc(CC)c(Br)cc1N. The van der Waals surface area contributed by atoms with Gasteiger partial charge < -0.3 is 5.73 Å². The van der Waals surface area contributed by atoms with Crippen molar-refractivity contribution in [1.82, 2.24) is 0 Å². The van der Waals surface area contributed by atoms with Gasteiger partial charge in [-0.05, 0) is 29.9 Å². The van der Waals surface area contributed by atoms with Gasteiger partial charge in [-0.15, -0.1) is 0 Å². The molecule has 0 aliphatic carbocycles. The molecular formula is C11H14BrNOS. The molecule has 1 rings (SSSR count). The van der Waals surface area contributed by atoms with E-state index in [-0.39, 0.29) is 5.12 Å². The van der Waals surface area contributed by atoms with Crippen LogP contribution in [0.5, 0.6) is 0 Å². The Morgan fingerprint density at radius 3 is 2.67 bits per heavy atom. The van der Waals surface area contributed by atoms with Crippen molar-refractivity contribution >= 4 is 38.5 Å². The van der Waals surface area contributed by atoms with Crippen LogP contribution in [0, 0.1) is 0 Å². The Morgan fingerprint density at radius 1 is 1.47 bits per heavy atom. The van der Waals surface area contributed by atoms with Crippen molar-refractivity contribution < 1.29 is 4.79 Å². The molecule has 82 valence electrons. The van der Waals surface area contributed by atoms with Gasteiger partial charge in [0.05, 0.1) is 5.56 Å². The lowest BCUT2D eigenvalue weighted by atomic mass is 10.1. The van der Waals surface area contributed by atoms with Gasteiger partial charge in [0.25, 0.3) is 0 Å². The van der Waals surface area contributed by atoms with Gasteiger partial charge in [0.15, 0.2) is 0 Å². The molecule has 0 bridgehead atoms. The lowest BCUT2D eigenvalue weighted by Gasteiger charge is -2.08. The van der Waals surface area contributed by atoms with E-state index in [1.807, 2.05) is 19.1 Å². The van der Waals surface area contributed by atoms with Crippen LogP contribution in [0.15, 0.2) is 16.6 Å². The van der Waals surface area contributed by atoms with E-state index in [0.29, 0.717) is 11.3 Å². The fourth-order valence-electron chi connectivity index (χ4n) is 1.29. The zero-order valence-corrected chi connectivity index (χ0v) is 11.2. The number of thioether (sulfide) groups is 1. The lowest BCUT2D eigenvalue weighted by molar-refractivity contribution is 0.109. The molecule has 1 aromatic carbocycles. The van der Waals surface area contributed by atoms with Gasteiger partial charge in [0.2, 0.25) is 5.12 Å². The van der Waals surface area contributed by atoms with Crippen LogP contribution >= 0.6 is 27.7 Å². The number of carbonyl (C=O) groups is 1. The minimum Gasteiger partial charge on any atom is -0.398 e. The highest BCUT2D eigenvalue weighted by Crippen LogP contribution is 2.27. The zero-order chi connectivity index (χ0) is 11.4. The summed E-state index contributed by atoms with van der Waals surface area (Å²) >= 11 is 4.72. The molecule has 0 saturated carbocycles. The molecule has 0 amide bonds. The molecule has 0 spiro atoms. The summed E-state index contributed by atoms with van der Waals surface area (Å²) in [6, 6.07) is 3.69. The number of aryl methyl sites for hydroxylation is 1. The van der Waals surface area contributed by atoms with E-state index in [2.05, 4.69) is 22.9 Å². The van der Waals surface area contributed by atoms with E-state index in [9.17, 15) is 4.79 Å². The Bertz CT molecular complexity index is 379.